The van der Waals surface area contributed by atoms with Gasteiger partial charge in [0.1, 0.15) is 0 Å². The summed E-state index contributed by atoms with van der Waals surface area (Å²) in [6, 6.07) is 4.12. The largest absolute Gasteiger partial charge is 0.454 e. The summed E-state index contributed by atoms with van der Waals surface area (Å²) >= 11 is 0. The van der Waals surface area contributed by atoms with E-state index in [4.69, 9.17) is 23.7 Å². The molecule has 2 rings (SSSR count). The first-order valence-electron chi connectivity index (χ1n) is 8.99. The Kier molecular flexibility index (Phi) is 12.2. The van der Waals surface area contributed by atoms with Gasteiger partial charge < -0.3 is 23.7 Å². The minimum atomic E-state index is 0. The predicted octanol–water partition coefficient (Wildman–Crippen LogP) is 3.72. The zero-order valence-corrected chi connectivity index (χ0v) is 18.3. The molecule has 0 saturated carbocycles. The van der Waals surface area contributed by atoms with Gasteiger partial charge in [0.25, 0.3) is 0 Å². The number of unbranched alkanes of at least 4 members (excludes halogenated alkanes) is 1. The number of aryl methyl sites for hydroxylation is 1. The Balaban J connectivity index is 0.00000312. The van der Waals surface area contributed by atoms with Crippen LogP contribution < -0.4 is 9.47 Å². The van der Waals surface area contributed by atoms with Gasteiger partial charge in [-0.2, -0.15) is 0 Å². The molecule has 1 aromatic carbocycles. The smallest absolute Gasteiger partial charge is 0.231 e. The molecule has 0 fully saturated rings. The van der Waals surface area contributed by atoms with Crippen LogP contribution >= 0.6 is 0 Å². The first kappa shape index (κ1) is 22.4. The molecule has 1 heterocycles. The molecule has 0 aliphatic carbocycles. The van der Waals surface area contributed by atoms with Crippen molar-refractivity contribution >= 4 is 0 Å². The summed E-state index contributed by atoms with van der Waals surface area (Å²) in [6.07, 6.45) is 4.38. The second-order valence-electron chi connectivity index (χ2n) is 5.86. The van der Waals surface area contributed by atoms with E-state index in [0.717, 1.165) is 43.8 Å². The van der Waals surface area contributed by atoms with Gasteiger partial charge in [0.05, 0.1) is 33.0 Å². The summed E-state index contributed by atoms with van der Waals surface area (Å²) in [5, 5.41) is 0. The predicted molar refractivity (Wildman–Crippen MR) is 92.8 cm³/mol. The van der Waals surface area contributed by atoms with E-state index in [1.807, 2.05) is 6.07 Å². The SMILES string of the molecule is CCCCOCCOCCOCc1cc2c(cc1CCC)OCO2.[W]. The summed E-state index contributed by atoms with van der Waals surface area (Å²) in [4.78, 5) is 0. The van der Waals surface area contributed by atoms with Gasteiger partial charge in [-0.1, -0.05) is 26.7 Å². The fraction of sp³-hybridized carbons (Fsp3) is 0.684. The Morgan fingerprint density at radius 1 is 0.800 bits per heavy atom. The maximum absolute atomic E-state index is 5.75. The van der Waals surface area contributed by atoms with Crippen molar-refractivity contribution < 1.29 is 44.7 Å². The van der Waals surface area contributed by atoms with Crippen molar-refractivity contribution in [2.24, 2.45) is 0 Å². The summed E-state index contributed by atoms with van der Waals surface area (Å²) in [6.45, 7) is 8.47. The molecule has 0 atom stereocenters. The Hall–Kier alpha value is -0.612. The number of ether oxygens (including phenoxy) is 5. The van der Waals surface area contributed by atoms with Crippen molar-refractivity contribution in [1.29, 1.82) is 0 Å². The van der Waals surface area contributed by atoms with E-state index >= 15 is 0 Å². The van der Waals surface area contributed by atoms with Crippen LogP contribution in [0.5, 0.6) is 11.5 Å². The van der Waals surface area contributed by atoms with Crippen LogP contribution in [0.3, 0.4) is 0 Å². The fourth-order valence-electron chi connectivity index (χ4n) is 2.53. The molecule has 0 radical (unpaired) electrons. The molecule has 0 amide bonds. The van der Waals surface area contributed by atoms with E-state index in [9.17, 15) is 0 Å². The number of rotatable bonds is 13. The minimum absolute atomic E-state index is 0. The van der Waals surface area contributed by atoms with Crippen LogP contribution in [0.4, 0.5) is 0 Å². The molecule has 0 N–H and O–H groups in total. The zero-order chi connectivity index (χ0) is 17.0. The van der Waals surface area contributed by atoms with Gasteiger partial charge in [0.2, 0.25) is 6.79 Å². The van der Waals surface area contributed by atoms with E-state index in [0.29, 0.717) is 39.8 Å². The third-order valence-electron chi connectivity index (χ3n) is 3.86. The van der Waals surface area contributed by atoms with Crippen molar-refractivity contribution in [3.63, 3.8) is 0 Å². The van der Waals surface area contributed by atoms with Gasteiger partial charge in [-0.05, 0) is 36.1 Å². The normalized spacial score (nSPS) is 12.2. The third-order valence-corrected chi connectivity index (χ3v) is 3.86. The maximum Gasteiger partial charge on any atom is 0.231 e. The molecular formula is C19H30O5W. The number of hydrogen-bond acceptors (Lipinski definition) is 5. The summed E-state index contributed by atoms with van der Waals surface area (Å²) in [5.74, 6) is 1.66. The summed E-state index contributed by atoms with van der Waals surface area (Å²) in [7, 11) is 0. The second kappa shape index (κ2) is 13.6. The number of benzene rings is 1. The molecule has 0 spiro atoms. The number of hydrogen-bond donors (Lipinski definition) is 0. The Labute approximate surface area is 165 Å². The summed E-state index contributed by atoms with van der Waals surface area (Å²) in [5.41, 5.74) is 2.44. The molecule has 1 aliphatic rings. The number of fused-ring (bicyclic) bond motifs is 1. The molecule has 1 aliphatic heterocycles. The van der Waals surface area contributed by atoms with Crippen LogP contribution in [0.15, 0.2) is 12.1 Å². The minimum Gasteiger partial charge on any atom is -0.454 e. The van der Waals surface area contributed by atoms with E-state index in [2.05, 4.69) is 19.9 Å². The van der Waals surface area contributed by atoms with Gasteiger partial charge in [-0.3, -0.25) is 0 Å². The third kappa shape index (κ3) is 8.08. The molecule has 0 unspecified atom stereocenters. The van der Waals surface area contributed by atoms with Crippen LogP contribution in [0, 0.1) is 0 Å². The Morgan fingerprint density at radius 3 is 2.04 bits per heavy atom. The maximum atomic E-state index is 5.75. The van der Waals surface area contributed by atoms with Gasteiger partial charge in [-0.25, -0.2) is 0 Å². The van der Waals surface area contributed by atoms with Crippen molar-refractivity contribution in [2.75, 3.05) is 39.8 Å². The molecule has 6 heteroatoms. The molecule has 5 nitrogen and oxygen atoms in total. The zero-order valence-electron chi connectivity index (χ0n) is 15.4. The molecule has 0 saturated heterocycles. The van der Waals surface area contributed by atoms with E-state index in [1.165, 1.54) is 11.1 Å². The van der Waals surface area contributed by atoms with Crippen LogP contribution in [-0.4, -0.2) is 39.8 Å². The second-order valence-corrected chi connectivity index (χ2v) is 5.86. The molecule has 25 heavy (non-hydrogen) atoms. The molecule has 1 aromatic rings. The average Bonchev–Trinajstić information content (AvgIpc) is 3.04. The fourth-order valence-corrected chi connectivity index (χ4v) is 2.53. The Morgan fingerprint density at radius 2 is 1.40 bits per heavy atom. The van der Waals surface area contributed by atoms with Crippen LogP contribution in [0.25, 0.3) is 0 Å². The van der Waals surface area contributed by atoms with Crippen LogP contribution in [0.1, 0.15) is 44.2 Å². The monoisotopic (exact) mass is 522 g/mol. The van der Waals surface area contributed by atoms with Crippen molar-refractivity contribution in [3.05, 3.63) is 23.3 Å². The standard InChI is InChI=1S/C19H30O5.W/c1-3-5-7-20-8-9-21-10-11-22-14-17-13-19-18(23-15-24-19)12-16(17)6-4-2;/h12-13H,3-11,14-15H2,1-2H3;. The van der Waals surface area contributed by atoms with Gasteiger partial charge >= 0.3 is 0 Å². The van der Waals surface area contributed by atoms with Crippen molar-refractivity contribution in [2.45, 2.75) is 46.1 Å². The van der Waals surface area contributed by atoms with Crippen LogP contribution in [0.2, 0.25) is 0 Å². The van der Waals surface area contributed by atoms with E-state index in [-0.39, 0.29) is 21.1 Å². The quantitative estimate of drug-likeness (QED) is 0.370. The molecular weight excluding hydrogens is 492 g/mol. The molecule has 0 aromatic heterocycles. The van der Waals surface area contributed by atoms with Gasteiger partial charge in [0.15, 0.2) is 11.5 Å². The average molecular weight is 522 g/mol. The summed E-state index contributed by atoms with van der Waals surface area (Å²) < 4.78 is 27.6. The molecule has 0 bridgehead atoms. The first-order chi connectivity index (χ1) is 11.8. The van der Waals surface area contributed by atoms with Gasteiger partial charge in [0, 0.05) is 27.7 Å². The first-order valence-corrected chi connectivity index (χ1v) is 8.99. The van der Waals surface area contributed by atoms with Crippen molar-refractivity contribution in [1.82, 2.24) is 0 Å². The molecule has 142 valence electrons. The van der Waals surface area contributed by atoms with Crippen molar-refractivity contribution in [3.8, 4) is 11.5 Å². The van der Waals surface area contributed by atoms with Gasteiger partial charge in [-0.15, -0.1) is 0 Å². The topological polar surface area (TPSA) is 46.2 Å². The Bertz CT molecular complexity index is 481. The van der Waals surface area contributed by atoms with E-state index in [1.54, 1.807) is 0 Å². The van der Waals surface area contributed by atoms with Crippen LogP contribution in [-0.2, 0) is 48.3 Å². The van der Waals surface area contributed by atoms with E-state index < -0.39 is 0 Å².